The van der Waals surface area contributed by atoms with Gasteiger partial charge in [-0.3, -0.25) is 19.2 Å². The van der Waals surface area contributed by atoms with E-state index >= 15 is 0 Å². The van der Waals surface area contributed by atoms with Gasteiger partial charge in [0.15, 0.2) is 0 Å². The molecule has 116 valence electrons. The van der Waals surface area contributed by atoms with Crippen LogP contribution in [0, 0.1) is 0 Å². The fourth-order valence-electron chi connectivity index (χ4n) is 0.581. The highest BCUT2D eigenvalue weighted by molar-refractivity contribution is 7.86. The van der Waals surface area contributed by atoms with Gasteiger partial charge in [-0.05, 0) is 6.92 Å². The van der Waals surface area contributed by atoms with Gasteiger partial charge in [0.05, 0.1) is 5.25 Å². The summed E-state index contributed by atoms with van der Waals surface area (Å²) in [6.45, 7) is 1.23. The molecule has 0 aliphatic carbocycles. The highest BCUT2D eigenvalue weighted by Crippen LogP contribution is 2.08. The van der Waals surface area contributed by atoms with Crippen LogP contribution in [0.4, 0.5) is 0 Å². The van der Waals surface area contributed by atoms with Crippen molar-refractivity contribution in [3.05, 3.63) is 0 Å². The second-order valence-electron chi connectivity index (χ2n) is 3.35. The Labute approximate surface area is 131 Å². The quantitative estimate of drug-likeness (QED) is 0.314. The Hall–Kier alpha value is -1.07. The first kappa shape index (κ1) is 21.2. The fourth-order valence-corrected chi connectivity index (χ4v) is 0.927. The summed E-state index contributed by atoms with van der Waals surface area (Å²) in [6.07, 6.45) is 0. The van der Waals surface area contributed by atoms with Crippen molar-refractivity contribution in [1.29, 1.82) is 0 Å². The molecule has 0 aromatic heterocycles. The summed E-state index contributed by atoms with van der Waals surface area (Å²) in [7, 11) is 0. The van der Waals surface area contributed by atoms with Gasteiger partial charge >= 0.3 is 17.9 Å². The number of carbonyl (C=O) groups is 4. The highest BCUT2D eigenvalue weighted by atomic mass is 32.1. The maximum Gasteiger partial charge on any atom is 0.322 e. The molecule has 0 aliphatic rings. The molecule has 0 heterocycles. The normalized spacial score (nSPS) is 14.0. The van der Waals surface area contributed by atoms with E-state index in [0.29, 0.717) is 0 Å². The Morgan fingerprint density at radius 3 is 1.50 bits per heavy atom. The van der Waals surface area contributed by atoms with E-state index in [9.17, 15) is 19.2 Å². The molecule has 0 radical (unpaired) electrons. The number of hydrogen-bond donors (Lipinski definition) is 7. The average Bonchev–Trinajstić information content (AvgIpc) is 2.34. The predicted octanol–water partition coefficient (Wildman–Crippen LogP) is -0.742. The van der Waals surface area contributed by atoms with E-state index in [2.05, 4.69) is 43.2 Å². The van der Waals surface area contributed by atoms with E-state index in [1.54, 1.807) is 6.92 Å². The third-order valence-electron chi connectivity index (χ3n) is 1.60. The number of carboxylic acids is 3. The lowest BCUT2D eigenvalue weighted by atomic mass is 10.3. The van der Waals surface area contributed by atoms with Gasteiger partial charge in [0.25, 0.3) is 0 Å². The number of thiol groups is 3. The third kappa shape index (κ3) is 10.8. The van der Waals surface area contributed by atoms with Crippen molar-refractivity contribution < 1.29 is 34.5 Å². The smallest absolute Gasteiger partial charge is 0.322 e. The monoisotopic (exact) mass is 345 g/mol. The van der Waals surface area contributed by atoms with Gasteiger partial charge in [0.2, 0.25) is 5.91 Å². The number of hydrogen-bond acceptors (Lipinski definition) is 7. The van der Waals surface area contributed by atoms with Gasteiger partial charge in [-0.1, -0.05) is 0 Å². The SMILES string of the molecule is CC(S)C(=O)NCC(=O)O.O=C(O)C(S)C(S)C(=O)O. The van der Waals surface area contributed by atoms with Crippen LogP contribution in [0.1, 0.15) is 6.92 Å². The van der Waals surface area contributed by atoms with Crippen LogP contribution in [0.2, 0.25) is 0 Å². The second-order valence-corrected chi connectivity index (χ2v) is 5.24. The summed E-state index contributed by atoms with van der Waals surface area (Å²) in [5, 5.41) is 23.7. The zero-order valence-electron chi connectivity index (χ0n) is 10.3. The fraction of sp³-hybridized carbons (Fsp3) is 0.556. The molecule has 3 unspecified atom stereocenters. The summed E-state index contributed by atoms with van der Waals surface area (Å²) in [5.74, 6) is -4.00. The van der Waals surface area contributed by atoms with Crippen LogP contribution >= 0.6 is 37.9 Å². The lowest BCUT2D eigenvalue weighted by Gasteiger charge is -2.07. The number of carbonyl (C=O) groups excluding carboxylic acids is 1. The van der Waals surface area contributed by atoms with E-state index in [4.69, 9.17) is 15.3 Å². The zero-order valence-corrected chi connectivity index (χ0v) is 12.9. The first-order valence-electron chi connectivity index (χ1n) is 5.00. The van der Waals surface area contributed by atoms with Crippen molar-refractivity contribution in [2.24, 2.45) is 0 Å². The number of aliphatic carboxylic acids is 3. The molecule has 20 heavy (non-hydrogen) atoms. The van der Waals surface area contributed by atoms with Gasteiger partial charge < -0.3 is 20.6 Å². The molecule has 0 aromatic rings. The first-order valence-corrected chi connectivity index (χ1v) is 6.54. The highest BCUT2D eigenvalue weighted by Gasteiger charge is 2.26. The molecular formula is C9H15NO7S3. The Kier molecular flexibility index (Phi) is 11.3. The maximum absolute atomic E-state index is 10.6. The van der Waals surface area contributed by atoms with Crippen molar-refractivity contribution in [1.82, 2.24) is 5.32 Å². The molecule has 0 saturated carbocycles. The summed E-state index contributed by atoms with van der Waals surface area (Å²) in [6, 6.07) is 0. The third-order valence-corrected chi connectivity index (χ3v) is 3.11. The number of amides is 1. The molecule has 0 bridgehead atoms. The number of carboxylic acid groups (broad SMARTS) is 3. The van der Waals surface area contributed by atoms with Crippen LogP contribution in [0.15, 0.2) is 0 Å². The van der Waals surface area contributed by atoms with Crippen molar-refractivity contribution >= 4 is 61.7 Å². The number of rotatable bonds is 6. The minimum Gasteiger partial charge on any atom is -0.480 e. The minimum atomic E-state index is -1.29. The zero-order chi connectivity index (χ0) is 16.5. The molecule has 0 aromatic carbocycles. The Morgan fingerprint density at radius 1 is 0.950 bits per heavy atom. The molecule has 0 rings (SSSR count). The molecular weight excluding hydrogens is 330 g/mol. The average molecular weight is 345 g/mol. The van der Waals surface area contributed by atoms with Crippen molar-refractivity contribution in [3.63, 3.8) is 0 Å². The first-order chi connectivity index (χ1) is 9.00. The van der Waals surface area contributed by atoms with E-state index < -0.39 is 33.7 Å². The molecule has 1 amide bonds. The van der Waals surface area contributed by atoms with Crippen molar-refractivity contribution in [2.45, 2.75) is 22.7 Å². The molecule has 3 atom stereocenters. The summed E-state index contributed by atoms with van der Waals surface area (Å²) >= 11 is 10.8. The largest absolute Gasteiger partial charge is 0.480 e. The second kappa shape index (κ2) is 10.7. The molecule has 4 N–H and O–H groups in total. The van der Waals surface area contributed by atoms with Gasteiger partial charge in [0, 0.05) is 0 Å². The summed E-state index contributed by atoms with van der Waals surface area (Å²) in [4.78, 5) is 40.6. The Bertz CT molecular complexity index is 357. The summed E-state index contributed by atoms with van der Waals surface area (Å²) < 4.78 is 0. The Morgan fingerprint density at radius 2 is 1.30 bits per heavy atom. The van der Waals surface area contributed by atoms with Gasteiger partial charge in [-0.25, -0.2) is 0 Å². The van der Waals surface area contributed by atoms with E-state index in [1.807, 2.05) is 0 Å². The maximum atomic E-state index is 10.6. The van der Waals surface area contributed by atoms with Gasteiger partial charge in [-0.2, -0.15) is 37.9 Å². The molecule has 0 saturated heterocycles. The molecule has 0 fully saturated rings. The molecule has 0 aliphatic heterocycles. The van der Waals surface area contributed by atoms with Crippen molar-refractivity contribution in [2.75, 3.05) is 6.54 Å². The van der Waals surface area contributed by atoms with Crippen LogP contribution in [-0.2, 0) is 19.2 Å². The summed E-state index contributed by atoms with van der Waals surface area (Å²) in [5.41, 5.74) is 0. The Balaban J connectivity index is 0. The predicted molar refractivity (Wildman–Crippen MR) is 79.9 cm³/mol. The van der Waals surface area contributed by atoms with Crippen LogP contribution < -0.4 is 5.32 Å². The van der Waals surface area contributed by atoms with Crippen molar-refractivity contribution in [3.8, 4) is 0 Å². The van der Waals surface area contributed by atoms with Crippen LogP contribution in [0.25, 0.3) is 0 Å². The van der Waals surface area contributed by atoms with E-state index in [1.165, 1.54) is 0 Å². The topological polar surface area (TPSA) is 141 Å². The van der Waals surface area contributed by atoms with Crippen LogP contribution in [0.3, 0.4) is 0 Å². The lowest BCUT2D eigenvalue weighted by molar-refractivity contribution is -0.142. The molecule has 11 heteroatoms. The van der Waals surface area contributed by atoms with Gasteiger partial charge in [0.1, 0.15) is 17.0 Å². The number of nitrogens with one attached hydrogen (secondary N) is 1. The molecule has 8 nitrogen and oxygen atoms in total. The van der Waals surface area contributed by atoms with E-state index in [0.717, 1.165) is 0 Å². The van der Waals surface area contributed by atoms with Crippen LogP contribution in [0.5, 0.6) is 0 Å². The van der Waals surface area contributed by atoms with Crippen LogP contribution in [-0.4, -0.2) is 61.4 Å². The lowest BCUT2D eigenvalue weighted by Crippen LogP contribution is -2.33. The van der Waals surface area contributed by atoms with Gasteiger partial charge in [-0.15, -0.1) is 0 Å². The standard InChI is InChI=1S/C5H9NO3S.C4H6O4S2/c1-3(10)5(9)6-2-4(7)8;5-3(6)1(9)2(10)4(7)8/h3,10H,2H2,1H3,(H,6,9)(H,7,8);1-2,9-10H,(H,5,6)(H,7,8). The molecule has 0 spiro atoms. The minimum absolute atomic E-state index is 0.344. The van der Waals surface area contributed by atoms with E-state index in [-0.39, 0.29) is 12.5 Å².